The second kappa shape index (κ2) is 3.80. The van der Waals surface area contributed by atoms with Crippen LogP contribution in [0.1, 0.15) is 17.1 Å². The van der Waals surface area contributed by atoms with Gasteiger partial charge >= 0.3 is 0 Å². The molecule has 3 aromatic heterocycles. The molecule has 0 bridgehead atoms. The highest BCUT2D eigenvalue weighted by Gasteiger charge is 1.99. The number of nitrogens with one attached hydrogen (secondary N) is 2. The minimum atomic E-state index is 0.822. The molecular formula is C13H10N4. The lowest BCUT2D eigenvalue weighted by Gasteiger charge is -1.92. The summed E-state index contributed by atoms with van der Waals surface area (Å²) in [5, 5.41) is 1.04. The molecule has 2 N–H and O–H groups in total. The molecule has 3 rings (SSSR count). The Bertz CT molecular complexity index is 724. The molecule has 0 saturated heterocycles. The van der Waals surface area contributed by atoms with Crippen LogP contribution in [0.2, 0.25) is 0 Å². The van der Waals surface area contributed by atoms with Crippen molar-refractivity contribution in [1.82, 2.24) is 19.9 Å². The molecule has 17 heavy (non-hydrogen) atoms. The van der Waals surface area contributed by atoms with Crippen LogP contribution in [0.15, 0.2) is 30.7 Å². The monoisotopic (exact) mass is 222 g/mol. The van der Waals surface area contributed by atoms with Crippen molar-refractivity contribution >= 4 is 11.0 Å². The molecule has 82 valence electrons. The van der Waals surface area contributed by atoms with Gasteiger partial charge in [-0.25, -0.2) is 9.97 Å². The predicted molar refractivity (Wildman–Crippen MR) is 65.4 cm³/mol. The first-order valence-corrected chi connectivity index (χ1v) is 5.28. The van der Waals surface area contributed by atoms with Gasteiger partial charge in [-0.05, 0) is 25.0 Å². The van der Waals surface area contributed by atoms with E-state index in [0.29, 0.717) is 0 Å². The molecule has 0 spiro atoms. The number of nitrogens with zero attached hydrogens (tertiary/aromatic N) is 2. The van der Waals surface area contributed by atoms with Gasteiger partial charge < -0.3 is 9.97 Å². The van der Waals surface area contributed by atoms with Crippen LogP contribution in [0.3, 0.4) is 0 Å². The molecule has 0 atom stereocenters. The van der Waals surface area contributed by atoms with Crippen LogP contribution in [-0.2, 0) is 0 Å². The summed E-state index contributed by atoms with van der Waals surface area (Å²) in [4.78, 5) is 14.5. The number of aryl methyl sites for hydroxylation is 1. The lowest BCUT2D eigenvalue weighted by molar-refractivity contribution is 1.14. The van der Waals surface area contributed by atoms with Gasteiger partial charge in [0.25, 0.3) is 0 Å². The fraction of sp³-hybridized carbons (Fsp3) is 0.0769. The van der Waals surface area contributed by atoms with E-state index in [1.807, 2.05) is 25.3 Å². The number of rotatable bonds is 0. The maximum absolute atomic E-state index is 4.22. The Morgan fingerprint density at radius 3 is 2.94 bits per heavy atom. The van der Waals surface area contributed by atoms with Crippen LogP contribution >= 0.6 is 0 Å². The van der Waals surface area contributed by atoms with E-state index in [1.165, 1.54) is 0 Å². The van der Waals surface area contributed by atoms with E-state index in [9.17, 15) is 0 Å². The molecule has 0 saturated carbocycles. The zero-order valence-corrected chi connectivity index (χ0v) is 9.28. The SMILES string of the molecule is Cc1ncc(C#Cc2ccnc3[nH]ccc23)[nH]1. The zero-order chi connectivity index (χ0) is 11.7. The summed E-state index contributed by atoms with van der Waals surface area (Å²) in [7, 11) is 0. The van der Waals surface area contributed by atoms with E-state index in [1.54, 1.807) is 12.4 Å². The molecule has 0 aliphatic rings. The summed E-state index contributed by atoms with van der Waals surface area (Å²) in [5.74, 6) is 7.05. The van der Waals surface area contributed by atoms with Crippen molar-refractivity contribution < 1.29 is 0 Å². The summed E-state index contributed by atoms with van der Waals surface area (Å²) in [5.41, 5.74) is 2.64. The topological polar surface area (TPSA) is 57.4 Å². The minimum absolute atomic E-state index is 0.822. The number of hydrogen-bond donors (Lipinski definition) is 2. The van der Waals surface area contributed by atoms with Crippen molar-refractivity contribution in [2.45, 2.75) is 6.92 Å². The average molecular weight is 222 g/mol. The number of imidazole rings is 1. The van der Waals surface area contributed by atoms with E-state index in [-0.39, 0.29) is 0 Å². The standard InChI is InChI=1S/C13H10N4/c1-9-16-8-11(17-9)3-2-10-4-6-14-13-12(10)5-7-15-13/h4-8H,1H3,(H,14,15)(H,16,17). The smallest absolute Gasteiger partial charge is 0.138 e. The van der Waals surface area contributed by atoms with Gasteiger partial charge in [-0.1, -0.05) is 5.92 Å². The molecular weight excluding hydrogens is 212 g/mol. The van der Waals surface area contributed by atoms with Gasteiger partial charge in [-0.3, -0.25) is 0 Å². The third-order valence-corrected chi connectivity index (χ3v) is 2.49. The highest BCUT2D eigenvalue weighted by atomic mass is 14.9. The predicted octanol–water partition coefficient (Wildman–Crippen LogP) is 1.99. The Morgan fingerprint density at radius 1 is 1.18 bits per heavy atom. The van der Waals surface area contributed by atoms with Gasteiger partial charge in [0.05, 0.1) is 6.20 Å². The fourth-order valence-electron chi connectivity index (χ4n) is 1.69. The van der Waals surface area contributed by atoms with Crippen LogP contribution < -0.4 is 0 Å². The number of aromatic nitrogens is 4. The third kappa shape index (κ3) is 1.79. The van der Waals surface area contributed by atoms with Gasteiger partial charge in [0.1, 0.15) is 17.2 Å². The van der Waals surface area contributed by atoms with Crippen LogP contribution in [-0.4, -0.2) is 19.9 Å². The summed E-state index contributed by atoms with van der Waals surface area (Å²) in [6.07, 6.45) is 5.35. The summed E-state index contributed by atoms with van der Waals surface area (Å²) >= 11 is 0. The van der Waals surface area contributed by atoms with E-state index in [4.69, 9.17) is 0 Å². The van der Waals surface area contributed by atoms with Crippen LogP contribution in [0.4, 0.5) is 0 Å². The first-order valence-electron chi connectivity index (χ1n) is 5.28. The highest BCUT2D eigenvalue weighted by Crippen LogP contribution is 2.13. The van der Waals surface area contributed by atoms with Gasteiger partial charge in [0.2, 0.25) is 0 Å². The van der Waals surface area contributed by atoms with Gasteiger partial charge in [0, 0.05) is 23.3 Å². The summed E-state index contributed by atoms with van der Waals surface area (Å²) in [6, 6.07) is 3.89. The van der Waals surface area contributed by atoms with Gasteiger partial charge in [0.15, 0.2) is 0 Å². The molecule has 0 aromatic carbocycles. The quantitative estimate of drug-likeness (QED) is 0.571. The van der Waals surface area contributed by atoms with E-state index >= 15 is 0 Å². The maximum atomic E-state index is 4.22. The lowest BCUT2D eigenvalue weighted by atomic mass is 10.2. The van der Waals surface area contributed by atoms with Crippen molar-refractivity contribution in [3.63, 3.8) is 0 Å². The zero-order valence-electron chi connectivity index (χ0n) is 9.28. The normalized spacial score (nSPS) is 10.2. The first-order chi connectivity index (χ1) is 8.33. The highest BCUT2D eigenvalue weighted by molar-refractivity contribution is 5.82. The second-order valence-electron chi connectivity index (χ2n) is 3.73. The first kappa shape index (κ1) is 9.67. The lowest BCUT2D eigenvalue weighted by Crippen LogP contribution is -1.81. The number of aromatic amines is 2. The summed E-state index contributed by atoms with van der Waals surface area (Å²) < 4.78 is 0. The second-order valence-corrected chi connectivity index (χ2v) is 3.73. The summed E-state index contributed by atoms with van der Waals surface area (Å²) in [6.45, 7) is 1.90. The molecule has 3 aromatic rings. The molecule has 0 aliphatic carbocycles. The Morgan fingerprint density at radius 2 is 2.12 bits per heavy atom. The Balaban J connectivity index is 2.06. The van der Waals surface area contributed by atoms with Crippen LogP contribution in [0, 0.1) is 18.8 Å². The van der Waals surface area contributed by atoms with Crippen molar-refractivity contribution in [3.05, 3.63) is 47.8 Å². The van der Waals surface area contributed by atoms with E-state index < -0.39 is 0 Å². The average Bonchev–Trinajstić information content (AvgIpc) is 2.94. The molecule has 0 aliphatic heterocycles. The van der Waals surface area contributed by atoms with Crippen molar-refractivity contribution in [3.8, 4) is 11.8 Å². The number of hydrogen-bond acceptors (Lipinski definition) is 2. The molecule has 0 amide bonds. The number of pyridine rings is 1. The maximum Gasteiger partial charge on any atom is 0.138 e. The number of H-pyrrole nitrogens is 2. The molecule has 3 heterocycles. The Hall–Kier alpha value is -2.54. The minimum Gasteiger partial charge on any atom is -0.346 e. The Kier molecular flexibility index (Phi) is 2.16. The van der Waals surface area contributed by atoms with E-state index in [2.05, 4.69) is 31.8 Å². The van der Waals surface area contributed by atoms with Crippen LogP contribution in [0.5, 0.6) is 0 Å². The largest absolute Gasteiger partial charge is 0.346 e. The van der Waals surface area contributed by atoms with E-state index in [0.717, 1.165) is 28.1 Å². The Labute approximate surface area is 98.1 Å². The molecule has 0 fully saturated rings. The molecule has 4 nitrogen and oxygen atoms in total. The van der Waals surface area contributed by atoms with Crippen molar-refractivity contribution in [1.29, 1.82) is 0 Å². The van der Waals surface area contributed by atoms with Crippen molar-refractivity contribution in [2.24, 2.45) is 0 Å². The number of fused-ring (bicyclic) bond motifs is 1. The van der Waals surface area contributed by atoms with Gasteiger partial charge in [-0.15, -0.1) is 0 Å². The molecule has 4 heteroatoms. The molecule has 0 radical (unpaired) electrons. The molecule has 0 unspecified atom stereocenters. The fourth-order valence-corrected chi connectivity index (χ4v) is 1.69. The van der Waals surface area contributed by atoms with Crippen LogP contribution in [0.25, 0.3) is 11.0 Å². The third-order valence-electron chi connectivity index (χ3n) is 2.49. The van der Waals surface area contributed by atoms with Gasteiger partial charge in [-0.2, -0.15) is 0 Å². The van der Waals surface area contributed by atoms with Crippen molar-refractivity contribution in [2.75, 3.05) is 0 Å².